The summed E-state index contributed by atoms with van der Waals surface area (Å²) in [5.41, 5.74) is 18.1. The van der Waals surface area contributed by atoms with Crippen LogP contribution >= 0.6 is 0 Å². The summed E-state index contributed by atoms with van der Waals surface area (Å²) in [5, 5.41) is 2.38. The molecular formula is C51H45N3. The van der Waals surface area contributed by atoms with E-state index in [-0.39, 0.29) is 5.92 Å². The number of fused-ring (bicyclic) bond motifs is 1. The fourth-order valence-corrected chi connectivity index (χ4v) is 8.55. The van der Waals surface area contributed by atoms with Crippen molar-refractivity contribution in [1.29, 1.82) is 0 Å². The predicted molar refractivity (Wildman–Crippen MR) is 227 cm³/mol. The third kappa shape index (κ3) is 6.58. The summed E-state index contributed by atoms with van der Waals surface area (Å²) in [6.45, 7) is 13.4. The van der Waals surface area contributed by atoms with Crippen molar-refractivity contribution in [1.82, 2.24) is 9.97 Å². The van der Waals surface area contributed by atoms with E-state index in [0.717, 1.165) is 39.6 Å². The van der Waals surface area contributed by atoms with Crippen LogP contribution in [0.4, 0.5) is 17.2 Å². The lowest BCUT2D eigenvalue weighted by molar-refractivity contribution is 0.919. The molecule has 0 unspecified atom stereocenters. The van der Waals surface area contributed by atoms with Crippen molar-refractivity contribution >= 4 is 28.0 Å². The molecule has 0 bridgehead atoms. The van der Waals surface area contributed by atoms with E-state index in [4.69, 9.17) is 9.97 Å². The van der Waals surface area contributed by atoms with Gasteiger partial charge in [-0.1, -0.05) is 139 Å². The van der Waals surface area contributed by atoms with Crippen LogP contribution in [0.2, 0.25) is 0 Å². The minimum Gasteiger partial charge on any atom is -0.293 e. The molecule has 8 rings (SSSR count). The highest BCUT2D eigenvalue weighted by molar-refractivity contribution is 6.05. The fraction of sp³-hybridized carbons (Fsp3) is 0.137. The first-order valence-electron chi connectivity index (χ1n) is 18.8. The van der Waals surface area contributed by atoms with E-state index < -0.39 is 0 Å². The van der Waals surface area contributed by atoms with Crippen LogP contribution in [-0.4, -0.2) is 9.97 Å². The van der Waals surface area contributed by atoms with Gasteiger partial charge >= 0.3 is 0 Å². The third-order valence-corrected chi connectivity index (χ3v) is 10.7. The zero-order valence-corrected chi connectivity index (χ0v) is 31.9. The molecule has 1 aromatic heterocycles. The van der Waals surface area contributed by atoms with Crippen LogP contribution in [0.1, 0.15) is 56.0 Å². The van der Waals surface area contributed by atoms with Crippen molar-refractivity contribution in [2.45, 2.75) is 47.5 Å². The number of anilines is 3. The van der Waals surface area contributed by atoms with E-state index in [2.05, 4.69) is 174 Å². The lowest BCUT2D eigenvalue weighted by Crippen LogP contribution is -2.15. The average Bonchev–Trinajstić information content (AvgIpc) is 3.18. The van der Waals surface area contributed by atoms with E-state index in [1.165, 1.54) is 60.8 Å². The Kier molecular flexibility index (Phi) is 9.40. The lowest BCUT2D eigenvalue weighted by Gasteiger charge is -2.29. The van der Waals surface area contributed by atoms with Gasteiger partial charge in [-0.2, -0.15) is 0 Å². The van der Waals surface area contributed by atoms with Gasteiger partial charge in [-0.15, -0.1) is 0 Å². The second kappa shape index (κ2) is 14.6. The molecule has 0 spiro atoms. The summed E-state index contributed by atoms with van der Waals surface area (Å²) >= 11 is 0. The van der Waals surface area contributed by atoms with Gasteiger partial charge in [0.15, 0.2) is 5.82 Å². The summed E-state index contributed by atoms with van der Waals surface area (Å²) in [6.07, 6.45) is 3.73. The van der Waals surface area contributed by atoms with Gasteiger partial charge in [0.25, 0.3) is 0 Å². The molecular weight excluding hydrogens is 655 g/mol. The molecule has 0 radical (unpaired) electrons. The standard InChI is InChI=1S/C51H45N3/c1-33-27-35(3)48(36(4)28-33)51(49-37(5)29-34(2)30-38(49)6)42-21-24-43(25-22-42)54(47-32-52-31-45(53-47)40-16-9-7-10-17-40)46-26-23-39-15-13-14-20-44(39)50(46)41-18-11-8-12-19-41/h7-32,51H,1-6H3. The molecule has 0 atom stereocenters. The largest absolute Gasteiger partial charge is 0.293 e. The van der Waals surface area contributed by atoms with Crippen molar-refractivity contribution in [3.05, 3.63) is 208 Å². The maximum atomic E-state index is 5.29. The van der Waals surface area contributed by atoms with E-state index in [9.17, 15) is 0 Å². The molecule has 264 valence electrons. The topological polar surface area (TPSA) is 29.0 Å². The molecule has 8 aromatic rings. The predicted octanol–water partition coefficient (Wildman–Crippen LogP) is 13.5. The second-order valence-corrected chi connectivity index (χ2v) is 14.7. The molecule has 0 amide bonds. The first-order valence-corrected chi connectivity index (χ1v) is 18.8. The smallest absolute Gasteiger partial charge is 0.156 e. The summed E-state index contributed by atoms with van der Waals surface area (Å²) in [7, 11) is 0. The average molecular weight is 700 g/mol. The first kappa shape index (κ1) is 34.7. The van der Waals surface area contributed by atoms with Gasteiger partial charge < -0.3 is 0 Å². The number of nitrogens with zero attached hydrogens (tertiary/aromatic N) is 3. The minimum absolute atomic E-state index is 0.0791. The zero-order chi connectivity index (χ0) is 37.3. The van der Waals surface area contributed by atoms with Crippen LogP contribution in [0.3, 0.4) is 0 Å². The van der Waals surface area contributed by atoms with Crippen LogP contribution in [0, 0.1) is 41.5 Å². The van der Waals surface area contributed by atoms with E-state index >= 15 is 0 Å². The molecule has 0 N–H and O–H groups in total. The van der Waals surface area contributed by atoms with Crippen molar-refractivity contribution in [2.24, 2.45) is 0 Å². The maximum Gasteiger partial charge on any atom is 0.156 e. The number of rotatable bonds is 8. The Balaban J connectivity index is 1.36. The minimum atomic E-state index is 0.0791. The summed E-state index contributed by atoms with van der Waals surface area (Å²) in [4.78, 5) is 12.3. The van der Waals surface area contributed by atoms with Gasteiger partial charge in [-0.25, -0.2) is 4.98 Å². The highest BCUT2D eigenvalue weighted by Crippen LogP contribution is 2.45. The van der Waals surface area contributed by atoms with E-state index in [1.807, 2.05) is 30.6 Å². The van der Waals surface area contributed by atoms with Crippen LogP contribution in [0.25, 0.3) is 33.2 Å². The van der Waals surface area contributed by atoms with Crippen molar-refractivity contribution < 1.29 is 0 Å². The van der Waals surface area contributed by atoms with Gasteiger partial charge in [0.05, 0.1) is 23.8 Å². The second-order valence-electron chi connectivity index (χ2n) is 14.7. The van der Waals surface area contributed by atoms with Gasteiger partial charge in [0.1, 0.15) is 0 Å². The first-order chi connectivity index (χ1) is 26.3. The van der Waals surface area contributed by atoms with E-state index in [1.54, 1.807) is 0 Å². The monoisotopic (exact) mass is 699 g/mol. The SMILES string of the molecule is Cc1cc(C)c(C(c2ccc(N(c3cncc(-c4ccccc4)n3)c3ccc4ccccc4c3-c3ccccc3)cc2)c2c(C)cc(C)cc2C)c(C)c1. The number of aryl methyl sites for hydroxylation is 6. The van der Waals surface area contributed by atoms with Crippen molar-refractivity contribution in [3.63, 3.8) is 0 Å². The molecule has 1 heterocycles. The Morgan fingerprint density at radius 3 is 1.63 bits per heavy atom. The summed E-state index contributed by atoms with van der Waals surface area (Å²) in [6, 6.07) is 52.5. The fourth-order valence-electron chi connectivity index (χ4n) is 8.55. The molecule has 0 fully saturated rings. The lowest BCUT2D eigenvalue weighted by atomic mass is 9.77. The molecule has 0 aliphatic rings. The molecule has 54 heavy (non-hydrogen) atoms. The number of hydrogen-bond donors (Lipinski definition) is 0. The van der Waals surface area contributed by atoms with Crippen molar-refractivity contribution in [3.8, 4) is 22.4 Å². The maximum absolute atomic E-state index is 5.29. The number of benzene rings is 7. The molecule has 0 aliphatic carbocycles. The zero-order valence-electron chi connectivity index (χ0n) is 31.9. The highest BCUT2D eigenvalue weighted by Gasteiger charge is 2.26. The van der Waals surface area contributed by atoms with E-state index in [0.29, 0.717) is 0 Å². The van der Waals surface area contributed by atoms with Gasteiger partial charge in [-0.05, 0) is 115 Å². The number of aromatic nitrogens is 2. The van der Waals surface area contributed by atoms with Crippen LogP contribution < -0.4 is 4.90 Å². The van der Waals surface area contributed by atoms with Crippen LogP contribution in [-0.2, 0) is 0 Å². The normalized spacial score (nSPS) is 11.3. The van der Waals surface area contributed by atoms with Crippen LogP contribution in [0.15, 0.2) is 158 Å². The van der Waals surface area contributed by atoms with Gasteiger partial charge in [0, 0.05) is 22.7 Å². The molecule has 0 aliphatic heterocycles. The van der Waals surface area contributed by atoms with Gasteiger partial charge in [-0.3, -0.25) is 9.88 Å². The Hall–Kier alpha value is -6.32. The van der Waals surface area contributed by atoms with Crippen LogP contribution in [0.5, 0.6) is 0 Å². The Morgan fingerprint density at radius 2 is 1.04 bits per heavy atom. The Bertz CT molecular complexity index is 2500. The van der Waals surface area contributed by atoms with Gasteiger partial charge in [0.2, 0.25) is 0 Å². The molecule has 0 saturated heterocycles. The molecule has 3 heteroatoms. The Morgan fingerprint density at radius 1 is 0.500 bits per heavy atom. The molecule has 0 saturated carbocycles. The Labute approximate surface area is 319 Å². The summed E-state index contributed by atoms with van der Waals surface area (Å²) in [5.74, 6) is 0.832. The summed E-state index contributed by atoms with van der Waals surface area (Å²) < 4.78 is 0. The third-order valence-electron chi connectivity index (χ3n) is 10.7. The molecule has 7 aromatic carbocycles. The molecule has 3 nitrogen and oxygen atoms in total. The van der Waals surface area contributed by atoms with Crippen molar-refractivity contribution in [2.75, 3.05) is 4.90 Å². The quantitative estimate of drug-likeness (QED) is 0.148. The number of hydrogen-bond acceptors (Lipinski definition) is 3. The highest BCUT2D eigenvalue weighted by atomic mass is 15.2.